The summed E-state index contributed by atoms with van der Waals surface area (Å²) in [6, 6.07) is 7.40. The average Bonchev–Trinajstić information content (AvgIpc) is 3.40. The Morgan fingerprint density at radius 2 is 1.88 bits per heavy atom. The number of nitrogens with two attached hydrogens (primary N) is 1. The number of fused-ring (bicyclic) bond motifs is 1. The van der Waals surface area contributed by atoms with Crippen LogP contribution in [0.2, 0.25) is 0 Å². The molecule has 3 aromatic rings. The minimum absolute atomic E-state index is 0.128. The Kier molecular flexibility index (Phi) is 6.12. The number of anilines is 1. The lowest BCUT2D eigenvalue weighted by Gasteiger charge is -2.37. The molecule has 2 aliphatic rings. The lowest BCUT2D eigenvalue weighted by Crippen LogP contribution is -2.45. The molecule has 0 aromatic carbocycles. The van der Waals surface area contributed by atoms with Crippen LogP contribution in [0.5, 0.6) is 0 Å². The molecule has 2 fully saturated rings. The molecule has 3 aromatic heterocycles. The standard InChI is InChI=1S/C26H36N6O/c1-5-23-21(19-12-17(2)26-28-18(3)13-32(26)14-19)6-7-25(29-23)30-10-8-20(9-11-30)31-15-22(27)24(16-31)33-4/h6-7,12-14,20,22,24H,5,8-11,15-16,27H2,1-4H3. The Labute approximate surface area is 196 Å². The fraction of sp³-hybridized carbons (Fsp3) is 0.538. The number of imidazole rings is 1. The van der Waals surface area contributed by atoms with Crippen molar-refractivity contribution in [3.8, 4) is 11.1 Å². The topological polar surface area (TPSA) is 71.9 Å². The number of hydrogen-bond acceptors (Lipinski definition) is 6. The average molecular weight is 449 g/mol. The molecule has 5 rings (SSSR count). The SMILES string of the molecule is CCc1nc(N2CCC(N3CC(N)C(OC)C3)CC2)ccc1-c1cc(C)c2nc(C)cn2c1. The molecule has 176 valence electrons. The molecule has 2 unspecified atom stereocenters. The van der Waals surface area contributed by atoms with Gasteiger partial charge in [0.2, 0.25) is 0 Å². The van der Waals surface area contributed by atoms with Gasteiger partial charge in [0.05, 0.1) is 17.5 Å². The minimum Gasteiger partial charge on any atom is -0.378 e. The van der Waals surface area contributed by atoms with Gasteiger partial charge >= 0.3 is 0 Å². The molecular formula is C26H36N6O. The van der Waals surface area contributed by atoms with Crippen molar-refractivity contribution in [3.05, 3.63) is 47.5 Å². The Morgan fingerprint density at radius 3 is 2.58 bits per heavy atom. The molecule has 0 saturated carbocycles. The van der Waals surface area contributed by atoms with E-state index in [4.69, 9.17) is 15.5 Å². The molecule has 5 heterocycles. The molecule has 2 aliphatic heterocycles. The Bertz CT molecular complexity index is 1130. The third-order valence-corrected chi connectivity index (χ3v) is 7.41. The van der Waals surface area contributed by atoms with E-state index in [2.05, 4.69) is 63.6 Å². The van der Waals surface area contributed by atoms with Crippen LogP contribution in [0.3, 0.4) is 0 Å². The van der Waals surface area contributed by atoms with Gasteiger partial charge in [-0.3, -0.25) is 4.90 Å². The highest BCUT2D eigenvalue weighted by Crippen LogP contribution is 2.30. The highest BCUT2D eigenvalue weighted by molar-refractivity contribution is 5.70. The summed E-state index contributed by atoms with van der Waals surface area (Å²) >= 11 is 0. The van der Waals surface area contributed by atoms with Gasteiger partial charge in [-0.1, -0.05) is 6.92 Å². The smallest absolute Gasteiger partial charge is 0.139 e. The molecule has 7 heteroatoms. The van der Waals surface area contributed by atoms with Gasteiger partial charge in [-0.25, -0.2) is 9.97 Å². The van der Waals surface area contributed by atoms with Crippen LogP contribution in [0.4, 0.5) is 5.82 Å². The molecule has 0 amide bonds. The van der Waals surface area contributed by atoms with Crippen molar-refractivity contribution in [2.75, 3.05) is 38.2 Å². The Balaban J connectivity index is 1.32. The third-order valence-electron chi connectivity index (χ3n) is 7.41. The van der Waals surface area contributed by atoms with Gasteiger partial charge in [0, 0.05) is 68.9 Å². The second kappa shape index (κ2) is 9.05. The van der Waals surface area contributed by atoms with Gasteiger partial charge in [0.1, 0.15) is 11.5 Å². The van der Waals surface area contributed by atoms with Crippen molar-refractivity contribution in [1.29, 1.82) is 0 Å². The third kappa shape index (κ3) is 4.25. The number of methoxy groups -OCH3 is 1. The van der Waals surface area contributed by atoms with Crippen molar-refractivity contribution in [3.63, 3.8) is 0 Å². The summed E-state index contributed by atoms with van der Waals surface area (Å²) in [6.07, 6.45) is 7.62. The summed E-state index contributed by atoms with van der Waals surface area (Å²) in [5, 5.41) is 0. The van der Waals surface area contributed by atoms with Crippen LogP contribution >= 0.6 is 0 Å². The molecule has 2 N–H and O–H groups in total. The van der Waals surface area contributed by atoms with Crippen LogP contribution < -0.4 is 10.6 Å². The summed E-state index contributed by atoms with van der Waals surface area (Å²) < 4.78 is 7.68. The van der Waals surface area contributed by atoms with Crippen molar-refractivity contribution in [2.24, 2.45) is 5.73 Å². The first-order valence-corrected chi connectivity index (χ1v) is 12.2. The zero-order valence-corrected chi connectivity index (χ0v) is 20.3. The number of likely N-dealkylation sites (tertiary alicyclic amines) is 1. The van der Waals surface area contributed by atoms with E-state index in [0.29, 0.717) is 6.04 Å². The summed E-state index contributed by atoms with van der Waals surface area (Å²) in [7, 11) is 1.77. The fourth-order valence-corrected chi connectivity index (χ4v) is 5.57. The molecule has 0 radical (unpaired) electrons. The molecule has 33 heavy (non-hydrogen) atoms. The highest BCUT2D eigenvalue weighted by Gasteiger charge is 2.35. The largest absolute Gasteiger partial charge is 0.378 e. The molecule has 0 bridgehead atoms. The maximum absolute atomic E-state index is 6.25. The second-order valence-corrected chi connectivity index (χ2v) is 9.65. The van der Waals surface area contributed by atoms with E-state index in [1.165, 1.54) is 16.7 Å². The van der Waals surface area contributed by atoms with Crippen LogP contribution in [0.15, 0.2) is 30.6 Å². The second-order valence-electron chi connectivity index (χ2n) is 9.65. The van der Waals surface area contributed by atoms with Crippen LogP contribution in [-0.4, -0.2) is 70.7 Å². The molecule has 0 aliphatic carbocycles. The number of rotatable bonds is 5. The quantitative estimate of drug-likeness (QED) is 0.646. The van der Waals surface area contributed by atoms with Gasteiger partial charge in [0.25, 0.3) is 0 Å². The van der Waals surface area contributed by atoms with Gasteiger partial charge < -0.3 is 19.8 Å². The van der Waals surface area contributed by atoms with E-state index < -0.39 is 0 Å². The van der Waals surface area contributed by atoms with Crippen molar-refractivity contribution >= 4 is 11.5 Å². The van der Waals surface area contributed by atoms with Crippen molar-refractivity contribution in [2.45, 2.75) is 58.2 Å². The molecule has 2 atom stereocenters. The van der Waals surface area contributed by atoms with E-state index in [0.717, 1.165) is 68.3 Å². The maximum atomic E-state index is 6.25. The van der Waals surface area contributed by atoms with Gasteiger partial charge in [-0.15, -0.1) is 0 Å². The first kappa shape index (κ1) is 22.3. The van der Waals surface area contributed by atoms with Crippen LogP contribution in [0, 0.1) is 13.8 Å². The number of aryl methyl sites for hydroxylation is 3. The van der Waals surface area contributed by atoms with Crippen LogP contribution in [0.1, 0.15) is 36.7 Å². The molecule has 7 nitrogen and oxygen atoms in total. The molecular weight excluding hydrogens is 412 g/mol. The number of hydrogen-bond donors (Lipinski definition) is 1. The zero-order chi connectivity index (χ0) is 23.1. The zero-order valence-electron chi connectivity index (χ0n) is 20.3. The van der Waals surface area contributed by atoms with Gasteiger partial charge in [0.15, 0.2) is 0 Å². The summed E-state index contributed by atoms with van der Waals surface area (Å²) in [5.41, 5.74) is 13.1. The number of piperidine rings is 1. The minimum atomic E-state index is 0.128. The van der Waals surface area contributed by atoms with Crippen molar-refractivity contribution in [1.82, 2.24) is 19.3 Å². The number of ether oxygens (including phenoxy) is 1. The highest BCUT2D eigenvalue weighted by atomic mass is 16.5. The number of aromatic nitrogens is 3. The number of pyridine rings is 2. The van der Waals surface area contributed by atoms with E-state index in [-0.39, 0.29) is 12.1 Å². The lowest BCUT2D eigenvalue weighted by molar-refractivity contribution is 0.0905. The predicted octanol–water partition coefficient (Wildman–Crippen LogP) is 3.20. The molecule has 2 saturated heterocycles. The van der Waals surface area contributed by atoms with Gasteiger partial charge in [-0.2, -0.15) is 0 Å². The Hall–Kier alpha value is -2.48. The maximum Gasteiger partial charge on any atom is 0.139 e. The lowest BCUT2D eigenvalue weighted by atomic mass is 10.0. The molecule has 0 spiro atoms. The number of nitrogens with zero attached hydrogens (tertiary/aromatic N) is 5. The van der Waals surface area contributed by atoms with Crippen LogP contribution in [-0.2, 0) is 11.2 Å². The van der Waals surface area contributed by atoms with Gasteiger partial charge in [-0.05, 0) is 56.9 Å². The first-order chi connectivity index (χ1) is 16.0. The normalized spacial score (nSPS) is 22.5. The van der Waals surface area contributed by atoms with E-state index in [1.54, 1.807) is 7.11 Å². The van der Waals surface area contributed by atoms with E-state index in [1.807, 2.05) is 6.92 Å². The predicted molar refractivity (Wildman–Crippen MR) is 133 cm³/mol. The van der Waals surface area contributed by atoms with Crippen molar-refractivity contribution < 1.29 is 4.74 Å². The summed E-state index contributed by atoms with van der Waals surface area (Å²) in [4.78, 5) is 14.7. The van der Waals surface area contributed by atoms with E-state index >= 15 is 0 Å². The Morgan fingerprint density at radius 1 is 1.09 bits per heavy atom. The first-order valence-electron chi connectivity index (χ1n) is 12.2. The van der Waals surface area contributed by atoms with E-state index in [9.17, 15) is 0 Å². The fourth-order valence-electron chi connectivity index (χ4n) is 5.57. The summed E-state index contributed by atoms with van der Waals surface area (Å²) in [6.45, 7) is 10.3. The summed E-state index contributed by atoms with van der Waals surface area (Å²) in [5.74, 6) is 1.10. The monoisotopic (exact) mass is 448 g/mol. The van der Waals surface area contributed by atoms with Crippen LogP contribution in [0.25, 0.3) is 16.8 Å².